The van der Waals surface area contributed by atoms with Crippen LogP contribution in [0, 0.1) is 0 Å². The monoisotopic (exact) mass is 369 g/mol. The fourth-order valence-corrected chi connectivity index (χ4v) is 4.51. The summed E-state index contributed by atoms with van der Waals surface area (Å²) in [6.07, 6.45) is 2.14. The number of aromatic amines is 1. The molecule has 1 amide bonds. The van der Waals surface area contributed by atoms with Crippen molar-refractivity contribution in [1.82, 2.24) is 20.3 Å². The number of nitrogens with one attached hydrogen (secondary N) is 2. The second-order valence-electron chi connectivity index (χ2n) is 6.21. The summed E-state index contributed by atoms with van der Waals surface area (Å²) in [5, 5.41) is 12.0. The molecule has 2 aromatic heterocycles. The van der Waals surface area contributed by atoms with E-state index in [1.807, 2.05) is 0 Å². The van der Waals surface area contributed by atoms with Crippen LogP contribution in [0.3, 0.4) is 0 Å². The standard InChI is InChI=1S/C14H19N5O5S/c1-14(2,25(21,22)9-3-6-23-7-4-9)12(20)16-13-15-11(17-18-13)10-5-8-24-19-10/h5,8-9H,3-4,6-7H2,1-2H3,(H2,15,16,17,18,20). The molecule has 25 heavy (non-hydrogen) atoms. The van der Waals surface area contributed by atoms with Gasteiger partial charge in [0.15, 0.2) is 15.5 Å². The quantitative estimate of drug-likeness (QED) is 0.787. The van der Waals surface area contributed by atoms with Gasteiger partial charge in [-0.05, 0) is 26.7 Å². The number of carbonyl (C=O) groups is 1. The highest BCUT2D eigenvalue weighted by Crippen LogP contribution is 2.28. The van der Waals surface area contributed by atoms with Gasteiger partial charge in [-0.2, -0.15) is 10.1 Å². The third-order valence-electron chi connectivity index (χ3n) is 4.25. The fraction of sp³-hybridized carbons (Fsp3) is 0.571. The third-order valence-corrected chi connectivity index (χ3v) is 7.21. The molecule has 0 unspecified atom stereocenters. The molecule has 2 N–H and O–H groups in total. The van der Waals surface area contributed by atoms with Gasteiger partial charge in [-0.15, -0.1) is 0 Å². The molecule has 1 aliphatic heterocycles. The molecule has 0 atom stereocenters. The Labute approximate surface area is 144 Å². The highest BCUT2D eigenvalue weighted by atomic mass is 32.2. The van der Waals surface area contributed by atoms with Gasteiger partial charge >= 0.3 is 0 Å². The summed E-state index contributed by atoms with van der Waals surface area (Å²) in [5.74, 6) is -0.408. The molecule has 11 heteroatoms. The maximum Gasteiger partial charge on any atom is 0.247 e. The smallest absolute Gasteiger partial charge is 0.247 e. The van der Waals surface area contributed by atoms with E-state index in [0.29, 0.717) is 31.7 Å². The van der Waals surface area contributed by atoms with E-state index in [0.717, 1.165) is 0 Å². The lowest BCUT2D eigenvalue weighted by molar-refractivity contribution is -0.117. The molecule has 136 valence electrons. The number of sulfone groups is 1. The highest BCUT2D eigenvalue weighted by molar-refractivity contribution is 7.94. The molecule has 3 rings (SSSR count). The van der Waals surface area contributed by atoms with Gasteiger partial charge in [0.05, 0.1) is 5.25 Å². The maximum absolute atomic E-state index is 12.8. The molecule has 0 aliphatic carbocycles. The van der Waals surface area contributed by atoms with Crippen molar-refractivity contribution in [3.8, 4) is 11.5 Å². The van der Waals surface area contributed by atoms with Crippen LogP contribution in [0.4, 0.5) is 5.95 Å². The van der Waals surface area contributed by atoms with E-state index < -0.39 is 25.7 Å². The summed E-state index contributed by atoms with van der Waals surface area (Å²) in [4.78, 5) is 16.6. The van der Waals surface area contributed by atoms with Crippen LogP contribution in [-0.4, -0.2) is 57.9 Å². The number of H-pyrrole nitrogens is 1. The van der Waals surface area contributed by atoms with Crippen LogP contribution in [0.1, 0.15) is 26.7 Å². The Morgan fingerprint density at radius 2 is 2.08 bits per heavy atom. The van der Waals surface area contributed by atoms with E-state index in [-0.39, 0.29) is 11.8 Å². The molecule has 0 bridgehead atoms. The summed E-state index contributed by atoms with van der Waals surface area (Å²) in [6, 6.07) is 1.56. The van der Waals surface area contributed by atoms with E-state index in [1.165, 1.54) is 20.1 Å². The Hall–Kier alpha value is -2.27. The number of hydrogen-bond donors (Lipinski definition) is 2. The zero-order valence-corrected chi connectivity index (χ0v) is 14.7. The van der Waals surface area contributed by atoms with Crippen LogP contribution >= 0.6 is 0 Å². The van der Waals surface area contributed by atoms with E-state index in [1.54, 1.807) is 6.07 Å². The van der Waals surface area contributed by atoms with Gasteiger partial charge in [0, 0.05) is 19.3 Å². The number of hydrogen-bond acceptors (Lipinski definition) is 8. The fourth-order valence-electron chi connectivity index (χ4n) is 2.55. The number of rotatable bonds is 5. The molecule has 1 saturated heterocycles. The zero-order valence-electron chi connectivity index (χ0n) is 13.9. The molecule has 2 aromatic rings. The lowest BCUT2D eigenvalue weighted by Crippen LogP contribution is -2.50. The van der Waals surface area contributed by atoms with Crippen molar-refractivity contribution in [2.75, 3.05) is 18.5 Å². The summed E-state index contributed by atoms with van der Waals surface area (Å²) >= 11 is 0. The molecule has 3 heterocycles. The molecule has 0 aromatic carbocycles. The number of anilines is 1. The number of carbonyl (C=O) groups excluding carboxylic acids is 1. The number of nitrogens with zero attached hydrogens (tertiary/aromatic N) is 3. The van der Waals surface area contributed by atoms with Crippen LogP contribution in [0.15, 0.2) is 16.9 Å². The first-order valence-corrected chi connectivity index (χ1v) is 9.33. The normalized spacial score (nSPS) is 16.7. The topological polar surface area (TPSA) is 140 Å². The molecule has 0 spiro atoms. The van der Waals surface area contributed by atoms with Crippen LogP contribution in [0.2, 0.25) is 0 Å². The van der Waals surface area contributed by atoms with Gasteiger partial charge in [-0.3, -0.25) is 10.1 Å². The van der Waals surface area contributed by atoms with Gasteiger partial charge in [0.1, 0.15) is 11.0 Å². The predicted molar refractivity (Wildman–Crippen MR) is 87.3 cm³/mol. The average Bonchev–Trinajstić information content (AvgIpc) is 3.26. The van der Waals surface area contributed by atoms with Crippen molar-refractivity contribution < 1.29 is 22.5 Å². The highest BCUT2D eigenvalue weighted by Gasteiger charge is 2.46. The van der Waals surface area contributed by atoms with Crippen LogP contribution < -0.4 is 5.32 Å². The van der Waals surface area contributed by atoms with Crippen LogP contribution in [-0.2, 0) is 19.4 Å². The molecule has 1 fully saturated rings. The molecule has 1 aliphatic rings. The minimum atomic E-state index is -3.70. The Bertz CT molecular complexity index is 837. The van der Waals surface area contributed by atoms with Crippen LogP contribution in [0.25, 0.3) is 11.5 Å². The SMILES string of the molecule is CC(C)(C(=O)Nc1nc(-c2ccon2)n[nH]1)S(=O)(=O)C1CCOCC1. The molecule has 0 saturated carbocycles. The van der Waals surface area contributed by atoms with Crippen molar-refractivity contribution in [2.24, 2.45) is 0 Å². The van der Waals surface area contributed by atoms with Crippen molar-refractivity contribution in [2.45, 2.75) is 36.7 Å². The number of aromatic nitrogens is 4. The van der Waals surface area contributed by atoms with Crippen molar-refractivity contribution in [3.05, 3.63) is 12.3 Å². The van der Waals surface area contributed by atoms with Gasteiger partial charge in [0.2, 0.25) is 17.7 Å². The van der Waals surface area contributed by atoms with E-state index >= 15 is 0 Å². The Morgan fingerprint density at radius 3 is 2.72 bits per heavy atom. The van der Waals surface area contributed by atoms with Crippen molar-refractivity contribution in [3.63, 3.8) is 0 Å². The first kappa shape index (κ1) is 17.5. The zero-order chi connectivity index (χ0) is 18.1. The summed E-state index contributed by atoms with van der Waals surface area (Å²) in [6.45, 7) is 3.54. The van der Waals surface area contributed by atoms with E-state index in [4.69, 9.17) is 9.26 Å². The lowest BCUT2D eigenvalue weighted by atomic mass is 10.2. The second kappa shape index (κ2) is 6.56. The summed E-state index contributed by atoms with van der Waals surface area (Å²) < 4.78 is 34.0. The minimum Gasteiger partial charge on any atom is -0.381 e. The third kappa shape index (κ3) is 3.29. The Kier molecular flexibility index (Phi) is 4.60. The average molecular weight is 369 g/mol. The van der Waals surface area contributed by atoms with Gasteiger partial charge in [-0.1, -0.05) is 5.16 Å². The minimum absolute atomic E-state index is 0.0400. The van der Waals surface area contributed by atoms with E-state index in [2.05, 4.69) is 25.7 Å². The second-order valence-corrected chi connectivity index (χ2v) is 8.99. The predicted octanol–water partition coefficient (Wildman–Crippen LogP) is 0.771. The first-order chi connectivity index (χ1) is 11.8. The molecule has 0 radical (unpaired) electrons. The van der Waals surface area contributed by atoms with Crippen LogP contribution in [0.5, 0.6) is 0 Å². The molecule has 10 nitrogen and oxygen atoms in total. The first-order valence-electron chi connectivity index (χ1n) is 7.78. The lowest BCUT2D eigenvalue weighted by Gasteiger charge is -2.30. The Balaban J connectivity index is 1.75. The van der Waals surface area contributed by atoms with Crippen molar-refractivity contribution in [1.29, 1.82) is 0 Å². The number of ether oxygens (including phenoxy) is 1. The maximum atomic E-state index is 12.8. The van der Waals surface area contributed by atoms with Gasteiger partial charge < -0.3 is 9.26 Å². The number of amides is 1. The van der Waals surface area contributed by atoms with Gasteiger partial charge in [0.25, 0.3) is 0 Å². The largest absolute Gasteiger partial charge is 0.381 e. The molecular formula is C14H19N5O5S. The van der Waals surface area contributed by atoms with Gasteiger partial charge in [-0.25, -0.2) is 13.5 Å². The molecular weight excluding hydrogens is 350 g/mol. The van der Waals surface area contributed by atoms with Crippen molar-refractivity contribution >= 4 is 21.7 Å². The Morgan fingerprint density at radius 1 is 1.36 bits per heavy atom. The summed E-state index contributed by atoms with van der Waals surface area (Å²) in [7, 11) is -3.70. The summed E-state index contributed by atoms with van der Waals surface area (Å²) in [5.41, 5.74) is 0.394. The van der Waals surface area contributed by atoms with E-state index in [9.17, 15) is 13.2 Å².